The molecule has 0 unspecified atom stereocenters. The average molecular weight is 255 g/mol. The Hall–Kier alpha value is -2.18. The summed E-state index contributed by atoms with van der Waals surface area (Å²) in [6.07, 6.45) is 1.39. The van der Waals surface area contributed by atoms with Crippen LogP contribution in [0.25, 0.3) is 0 Å². The number of nitrogens with zero attached hydrogens (tertiary/aromatic N) is 2. The van der Waals surface area contributed by atoms with Crippen LogP contribution in [0.5, 0.6) is 0 Å². The number of halogens is 1. The molecule has 0 fully saturated rings. The summed E-state index contributed by atoms with van der Waals surface area (Å²) in [5.74, 6) is -2.52. The van der Waals surface area contributed by atoms with Gasteiger partial charge in [0.25, 0.3) is 0 Å². The van der Waals surface area contributed by atoms with Gasteiger partial charge in [-0.05, 0) is 6.07 Å². The summed E-state index contributed by atoms with van der Waals surface area (Å²) in [5.41, 5.74) is -0.438. The zero-order valence-corrected chi connectivity index (χ0v) is 10.1. The summed E-state index contributed by atoms with van der Waals surface area (Å²) >= 11 is 0. The van der Waals surface area contributed by atoms with Crippen LogP contribution in [-0.2, 0) is 4.79 Å². The summed E-state index contributed by atoms with van der Waals surface area (Å²) in [5, 5.41) is 11.2. The van der Waals surface area contributed by atoms with E-state index in [1.54, 1.807) is 7.05 Å². The first-order valence-electron chi connectivity index (χ1n) is 5.27. The Morgan fingerprint density at radius 3 is 2.78 bits per heavy atom. The maximum atomic E-state index is 13.8. The van der Waals surface area contributed by atoms with Gasteiger partial charge in [0, 0.05) is 33.3 Å². The van der Waals surface area contributed by atoms with E-state index in [2.05, 4.69) is 10.3 Å². The van der Waals surface area contributed by atoms with Crippen molar-refractivity contribution in [3.8, 4) is 0 Å². The minimum Gasteiger partial charge on any atom is -0.478 e. The van der Waals surface area contributed by atoms with Crippen LogP contribution in [0.15, 0.2) is 12.3 Å². The topological polar surface area (TPSA) is 82.5 Å². The van der Waals surface area contributed by atoms with Gasteiger partial charge in [0.2, 0.25) is 5.91 Å². The molecule has 0 saturated heterocycles. The van der Waals surface area contributed by atoms with Crippen molar-refractivity contribution in [1.29, 1.82) is 0 Å². The number of hydrogen-bond donors (Lipinski definition) is 2. The molecule has 6 nitrogen and oxygen atoms in total. The fourth-order valence-electron chi connectivity index (χ4n) is 1.36. The smallest absolute Gasteiger partial charge is 0.338 e. The molecule has 98 valence electrons. The van der Waals surface area contributed by atoms with Crippen molar-refractivity contribution >= 4 is 17.7 Å². The van der Waals surface area contributed by atoms with Crippen molar-refractivity contribution in [3.63, 3.8) is 0 Å². The highest BCUT2D eigenvalue weighted by molar-refractivity contribution is 5.88. The molecule has 1 rings (SSSR count). The van der Waals surface area contributed by atoms with E-state index in [1.807, 2.05) is 0 Å². The molecule has 1 aromatic rings. The van der Waals surface area contributed by atoms with Gasteiger partial charge in [0.15, 0.2) is 11.6 Å². The molecule has 1 heterocycles. The molecular formula is C11H14FN3O3. The van der Waals surface area contributed by atoms with Crippen LogP contribution in [0.1, 0.15) is 16.8 Å². The highest BCUT2D eigenvalue weighted by Gasteiger charge is 2.17. The minimum absolute atomic E-state index is 0.0844. The normalized spacial score (nSPS) is 9.94. The lowest BCUT2D eigenvalue weighted by atomic mass is 10.2. The second-order valence-corrected chi connectivity index (χ2v) is 3.65. The quantitative estimate of drug-likeness (QED) is 0.800. The van der Waals surface area contributed by atoms with Crippen molar-refractivity contribution in [2.24, 2.45) is 0 Å². The summed E-state index contributed by atoms with van der Waals surface area (Å²) < 4.78 is 13.8. The van der Waals surface area contributed by atoms with E-state index in [1.165, 1.54) is 18.1 Å². The zero-order chi connectivity index (χ0) is 13.7. The predicted molar refractivity (Wildman–Crippen MR) is 63.1 cm³/mol. The molecule has 18 heavy (non-hydrogen) atoms. The van der Waals surface area contributed by atoms with E-state index in [9.17, 15) is 14.0 Å². The van der Waals surface area contributed by atoms with Crippen molar-refractivity contribution in [2.45, 2.75) is 6.42 Å². The van der Waals surface area contributed by atoms with E-state index >= 15 is 0 Å². The number of amides is 1. The monoisotopic (exact) mass is 255 g/mol. The summed E-state index contributed by atoms with van der Waals surface area (Å²) in [6.45, 7) is 0.243. The number of hydrogen-bond acceptors (Lipinski definition) is 4. The van der Waals surface area contributed by atoms with Gasteiger partial charge in [-0.25, -0.2) is 14.2 Å². The summed E-state index contributed by atoms with van der Waals surface area (Å²) in [7, 11) is 3.05. The van der Waals surface area contributed by atoms with Gasteiger partial charge in [-0.3, -0.25) is 4.79 Å². The number of aromatic nitrogens is 1. The fraction of sp³-hybridized carbons (Fsp3) is 0.364. The molecule has 0 saturated carbocycles. The predicted octanol–water partition coefficient (Wildman–Crippen LogP) is 0.491. The number of carbonyl (C=O) groups is 2. The molecule has 1 amide bonds. The number of rotatable bonds is 5. The number of aromatic carboxylic acids is 1. The number of carboxylic acids is 1. The van der Waals surface area contributed by atoms with Crippen LogP contribution in [-0.4, -0.2) is 42.6 Å². The second kappa shape index (κ2) is 5.95. The number of carboxylic acid groups (broad SMARTS) is 1. The average Bonchev–Trinajstić information content (AvgIpc) is 2.35. The zero-order valence-electron chi connectivity index (χ0n) is 10.1. The molecule has 7 heteroatoms. The van der Waals surface area contributed by atoms with Crippen molar-refractivity contribution in [3.05, 3.63) is 23.6 Å². The lowest BCUT2D eigenvalue weighted by molar-refractivity contribution is -0.120. The number of anilines is 1. The third-order valence-corrected chi connectivity index (χ3v) is 2.42. The van der Waals surface area contributed by atoms with Gasteiger partial charge in [0.1, 0.15) is 5.56 Å². The Morgan fingerprint density at radius 1 is 1.56 bits per heavy atom. The molecule has 0 aromatic carbocycles. The van der Waals surface area contributed by atoms with Gasteiger partial charge < -0.3 is 15.3 Å². The van der Waals surface area contributed by atoms with Crippen LogP contribution in [0.3, 0.4) is 0 Å². The van der Waals surface area contributed by atoms with E-state index in [4.69, 9.17) is 5.11 Å². The Kier molecular flexibility index (Phi) is 4.59. The Labute approximate surface area is 103 Å². The maximum absolute atomic E-state index is 13.8. The van der Waals surface area contributed by atoms with Gasteiger partial charge in [-0.2, -0.15) is 0 Å². The standard InChI is InChI=1S/C11H14FN3O3/c1-13-8(16)4-6-15(2)10-9(12)7(11(17)18)3-5-14-10/h3,5H,4,6H2,1-2H3,(H,13,16)(H,17,18). The lowest BCUT2D eigenvalue weighted by Gasteiger charge is -2.18. The first-order valence-corrected chi connectivity index (χ1v) is 5.27. The first-order chi connectivity index (χ1) is 8.47. The highest BCUT2D eigenvalue weighted by Crippen LogP contribution is 2.18. The SMILES string of the molecule is CNC(=O)CCN(C)c1nccc(C(=O)O)c1F. The Morgan fingerprint density at radius 2 is 2.22 bits per heavy atom. The first kappa shape index (κ1) is 13.9. The largest absolute Gasteiger partial charge is 0.478 e. The minimum atomic E-state index is -1.35. The number of pyridine rings is 1. The van der Waals surface area contributed by atoms with Gasteiger partial charge in [0.05, 0.1) is 0 Å². The number of carbonyl (C=O) groups excluding carboxylic acids is 1. The van der Waals surface area contributed by atoms with E-state index in [-0.39, 0.29) is 24.7 Å². The Balaban J connectivity index is 2.86. The molecule has 0 radical (unpaired) electrons. The number of nitrogens with one attached hydrogen (secondary N) is 1. The van der Waals surface area contributed by atoms with Crippen LogP contribution in [0.2, 0.25) is 0 Å². The van der Waals surface area contributed by atoms with Gasteiger partial charge in [-0.15, -0.1) is 0 Å². The van der Waals surface area contributed by atoms with Crippen molar-refractivity contribution < 1.29 is 19.1 Å². The highest BCUT2D eigenvalue weighted by atomic mass is 19.1. The lowest BCUT2D eigenvalue weighted by Crippen LogP contribution is -2.27. The maximum Gasteiger partial charge on any atom is 0.338 e. The van der Waals surface area contributed by atoms with Crippen molar-refractivity contribution in [1.82, 2.24) is 10.3 Å². The molecule has 0 aliphatic rings. The summed E-state index contributed by atoms with van der Waals surface area (Å²) in [6, 6.07) is 1.09. The molecule has 1 aromatic heterocycles. The van der Waals surface area contributed by atoms with E-state index in [0.717, 1.165) is 6.07 Å². The van der Waals surface area contributed by atoms with Gasteiger partial charge in [-0.1, -0.05) is 0 Å². The van der Waals surface area contributed by atoms with Crippen molar-refractivity contribution in [2.75, 3.05) is 25.5 Å². The summed E-state index contributed by atoms with van der Waals surface area (Å²) in [4.78, 5) is 27.0. The second-order valence-electron chi connectivity index (χ2n) is 3.65. The Bertz CT molecular complexity index is 465. The third-order valence-electron chi connectivity index (χ3n) is 2.42. The molecule has 0 aliphatic carbocycles. The molecule has 0 atom stereocenters. The molecule has 0 bridgehead atoms. The molecule has 2 N–H and O–H groups in total. The van der Waals surface area contributed by atoms with E-state index in [0.29, 0.717) is 0 Å². The van der Waals surface area contributed by atoms with Gasteiger partial charge >= 0.3 is 5.97 Å². The fourth-order valence-corrected chi connectivity index (χ4v) is 1.36. The van der Waals surface area contributed by atoms with Crippen LogP contribution >= 0.6 is 0 Å². The van der Waals surface area contributed by atoms with Crippen LogP contribution in [0, 0.1) is 5.82 Å². The molecule has 0 aliphatic heterocycles. The van der Waals surface area contributed by atoms with Crippen LogP contribution in [0.4, 0.5) is 10.2 Å². The molecule has 0 spiro atoms. The van der Waals surface area contributed by atoms with E-state index < -0.39 is 17.3 Å². The third kappa shape index (κ3) is 3.16. The molecular weight excluding hydrogens is 241 g/mol. The van der Waals surface area contributed by atoms with Crippen LogP contribution < -0.4 is 10.2 Å².